The molecule has 118 valence electrons. The van der Waals surface area contributed by atoms with E-state index in [9.17, 15) is 4.79 Å². The van der Waals surface area contributed by atoms with E-state index in [-0.39, 0.29) is 5.97 Å². The molecular formula is C19H12BrNO3. The molecule has 2 heterocycles. The molecule has 0 spiro atoms. The van der Waals surface area contributed by atoms with Gasteiger partial charge in [-0.25, -0.2) is 4.98 Å². The Labute approximate surface area is 146 Å². The largest absolute Gasteiger partial charge is 0.441 e. The maximum absolute atomic E-state index is 12.1. The van der Waals surface area contributed by atoms with E-state index in [1.807, 2.05) is 48.5 Å². The average Bonchev–Trinajstić information content (AvgIpc) is 3.17. The fourth-order valence-corrected chi connectivity index (χ4v) is 3.08. The van der Waals surface area contributed by atoms with Gasteiger partial charge >= 0.3 is 5.97 Å². The summed E-state index contributed by atoms with van der Waals surface area (Å²) in [4.78, 5) is 16.4. The zero-order valence-electron chi connectivity index (χ0n) is 12.5. The van der Waals surface area contributed by atoms with Crippen molar-refractivity contribution in [3.63, 3.8) is 0 Å². The van der Waals surface area contributed by atoms with Gasteiger partial charge in [0.1, 0.15) is 17.4 Å². The fourth-order valence-electron chi connectivity index (χ4n) is 2.66. The number of halogens is 1. The van der Waals surface area contributed by atoms with Gasteiger partial charge < -0.3 is 9.15 Å². The van der Waals surface area contributed by atoms with Gasteiger partial charge in [0, 0.05) is 16.1 Å². The predicted molar refractivity (Wildman–Crippen MR) is 93.5 cm³/mol. The summed E-state index contributed by atoms with van der Waals surface area (Å²) in [6, 6.07) is 15.2. The summed E-state index contributed by atoms with van der Waals surface area (Å²) in [6.07, 6.45) is 5.25. The molecule has 0 fully saturated rings. The van der Waals surface area contributed by atoms with Crippen molar-refractivity contribution in [2.45, 2.75) is 5.92 Å². The summed E-state index contributed by atoms with van der Waals surface area (Å²) in [7, 11) is 0. The van der Waals surface area contributed by atoms with Crippen LogP contribution in [-0.2, 0) is 4.79 Å². The highest BCUT2D eigenvalue weighted by molar-refractivity contribution is 9.10. The number of ether oxygens (including phenoxy) is 1. The molecular weight excluding hydrogens is 370 g/mol. The summed E-state index contributed by atoms with van der Waals surface area (Å²) in [5.41, 5.74) is 1.82. The maximum atomic E-state index is 12.1. The highest BCUT2D eigenvalue weighted by Gasteiger charge is 2.36. The lowest BCUT2D eigenvalue weighted by Crippen LogP contribution is -2.10. The number of oxazole rings is 1. The van der Waals surface area contributed by atoms with Crippen LogP contribution in [0.25, 0.3) is 12.2 Å². The van der Waals surface area contributed by atoms with Crippen molar-refractivity contribution in [2.24, 2.45) is 0 Å². The van der Waals surface area contributed by atoms with E-state index in [4.69, 9.17) is 9.15 Å². The summed E-state index contributed by atoms with van der Waals surface area (Å²) < 4.78 is 12.0. The second kappa shape index (κ2) is 6.09. The van der Waals surface area contributed by atoms with Crippen molar-refractivity contribution in [2.75, 3.05) is 0 Å². The lowest BCUT2D eigenvalue weighted by atomic mass is 9.99. The number of nitrogens with zero attached hydrogens (tertiary/aromatic N) is 1. The Morgan fingerprint density at radius 2 is 1.83 bits per heavy atom. The molecule has 1 aliphatic rings. The van der Waals surface area contributed by atoms with Crippen molar-refractivity contribution < 1.29 is 13.9 Å². The Hall–Kier alpha value is -2.66. The number of fused-ring (bicyclic) bond motifs is 1. The first-order valence-corrected chi connectivity index (χ1v) is 8.20. The van der Waals surface area contributed by atoms with Crippen molar-refractivity contribution in [1.29, 1.82) is 0 Å². The number of esters is 1. The summed E-state index contributed by atoms with van der Waals surface area (Å²) in [5.74, 6) is 0.608. The van der Waals surface area contributed by atoms with E-state index in [0.717, 1.165) is 15.6 Å². The van der Waals surface area contributed by atoms with Crippen LogP contribution in [0.2, 0.25) is 0 Å². The number of hydrogen-bond acceptors (Lipinski definition) is 4. The first kappa shape index (κ1) is 14.9. The Balaban J connectivity index is 1.62. The molecule has 0 aliphatic carbocycles. The van der Waals surface area contributed by atoms with Crippen LogP contribution >= 0.6 is 15.9 Å². The van der Waals surface area contributed by atoms with Crippen LogP contribution in [0.3, 0.4) is 0 Å². The number of aromatic nitrogens is 1. The molecule has 4 nitrogen and oxygen atoms in total. The topological polar surface area (TPSA) is 52.3 Å². The van der Waals surface area contributed by atoms with Crippen LogP contribution in [0.4, 0.5) is 0 Å². The molecule has 0 saturated heterocycles. The van der Waals surface area contributed by atoms with Crippen LogP contribution in [-0.4, -0.2) is 11.0 Å². The van der Waals surface area contributed by atoms with Gasteiger partial charge in [-0.2, -0.15) is 0 Å². The zero-order valence-corrected chi connectivity index (χ0v) is 14.1. The number of rotatable bonds is 3. The van der Waals surface area contributed by atoms with E-state index in [0.29, 0.717) is 17.4 Å². The number of para-hydroxylation sites is 1. The van der Waals surface area contributed by atoms with E-state index in [1.54, 1.807) is 18.3 Å². The molecule has 5 heteroatoms. The molecule has 3 aromatic rings. The lowest BCUT2D eigenvalue weighted by Gasteiger charge is -2.01. The molecule has 1 aliphatic heterocycles. The molecule has 0 saturated carbocycles. The van der Waals surface area contributed by atoms with Gasteiger partial charge in [0.2, 0.25) is 5.89 Å². The van der Waals surface area contributed by atoms with Crippen LogP contribution < -0.4 is 4.74 Å². The van der Waals surface area contributed by atoms with Crippen molar-refractivity contribution >= 4 is 34.1 Å². The first-order chi connectivity index (χ1) is 11.7. The van der Waals surface area contributed by atoms with Gasteiger partial charge in [0.05, 0.1) is 6.20 Å². The highest BCUT2D eigenvalue weighted by Crippen LogP contribution is 2.39. The molecule has 0 amide bonds. The minimum Gasteiger partial charge on any atom is -0.441 e. The van der Waals surface area contributed by atoms with E-state index >= 15 is 0 Å². The van der Waals surface area contributed by atoms with Crippen LogP contribution in [0.5, 0.6) is 5.75 Å². The third-order valence-electron chi connectivity index (χ3n) is 3.81. The predicted octanol–water partition coefficient (Wildman–Crippen LogP) is 4.66. The molecule has 1 atom stereocenters. The smallest absolute Gasteiger partial charge is 0.326 e. The SMILES string of the molecule is O=C1Oc2ccccc2C1c1cnc(/C=C/c2ccccc2Br)o1. The molecule has 1 unspecified atom stereocenters. The zero-order chi connectivity index (χ0) is 16.5. The number of hydrogen-bond donors (Lipinski definition) is 0. The summed E-state index contributed by atoms with van der Waals surface area (Å²) in [6.45, 7) is 0. The molecule has 1 aromatic heterocycles. The van der Waals surface area contributed by atoms with Crippen LogP contribution in [0.1, 0.15) is 28.7 Å². The van der Waals surface area contributed by atoms with Crippen LogP contribution in [0, 0.1) is 0 Å². The number of benzene rings is 2. The normalized spacial score (nSPS) is 16.4. The molecule has 0 radical (unpaired) electrons. The van der Waals surface area contributed by atoms with E-state index in [1.165, 1.54) is 0 Å². The van der Waals surface area contributed by atoms with Crippen molar-refractivity contribution in [3.05, 3.63) is 82.0 Å². The van der Waals surface area contributed by atoms with Crippen molar-refractivity contribution in [3.8, 4) is 5.75 Å². The van der Waals surface area contributed by atoms with Gasteiger partial charge in [-0.15, -0.1) is 0 Å². The quantitative estimate of drug-likeness (QED) is 0.489. The maximum Gasteiger partial charge on any atom is 0.326 e. The Morgan fingerprint density at radius 3 is 2.71 bits per heavy atom. The summed E-state index contributed by atoms with van der Waals surface area (Å²) >= 11 is 3.49. The molecule has 24 heavy (non-hydrogen) atoms. The fraction of sp³-hybridized carbons (Fsp3) is 0.0526. The molecule has 4 rings (SSSR count). The van der Waals surface area contributed by atoms with Crippen molar-refractivity contribution in [1.82, 2.24) is 4.98 Å². The number of carbonyl (C=O) groups is 1. The van der Waals surface area contributed by atoms with Gasteiger partial charge in [-0.1, -0.05) is 52.3 Å². The molecule has 2 aromatic carbocycles. The van der Waals surface area contributed by atoms with Gasteiger partial charge in [0.25, 0.3) is 0 Å². The Bertz CT molecular complexity index is 945. The van der Waals surface area contributed by atoms with Gasteiger partial charge in [-0.3, -0.25) is 4.79 Å². The van der Waals surface area contributed by atoms with Gasteiger partial charge in [0.15, 0.2) is 0 Å². The molecule has 0 N–H and O–H groups in total. The minimum absolute atomic E-state index is 0.339. The monoisotopic (exact) mass is 381 g/mol. The van der Waals surface area contributed by atoms with Gasteiger partial charge in [-0.05, 0) is 23.8 Å². The Kier molecular flexibility index (Phi) is 3.78. The highest BCUT2D eigenvalue weighted by atomic mass is 79.9. The standard InChI is InChI=1S/C19H12BrNO3/c20-14-7-3-1-5-12(14)9-10-17-21-11-16(23-17)18-13-6-2-4-8-15(13)24-19(18)22/h1-11,18H/b10-9+. The lowest BCUT2D eigenvalue weighted by molar-refractivity contribution is -0.133. The van der Waals surface area contributed by atoms with E-state index < -0.39 is 5.92 Å². The number of carbonyl (C=O) groups excluding carboxylic acids is 1. The first-order valence-electron chi connectivity index (χ1n) is 7.41. The third-order valence-corrected chi connectivity index (χ3v) is 4.54. The minimum atomic E-state index is -0.556. The second-order valence-corrected chi connectivity index (χ2v) is 6.20. The average molecular weight is 382 g/mol. The molecule has 0 bridgehead atoms. The third kappa shape index (κ3) is 2.67. The van der Waals surface area contributed by atoms with E-state index in [2.05, 4.69) is 20.9 Å². The Morgan fingerprint density at radius 1 is 1.04 bits per heavy atom. The second-order valence-electron chi connectivity index (χ2n) is 5.35. The van der Waals surface area contributed by atoms with Crippen LogP contribution in [0.15, 0.2) is 63.6 Å². The summed E-state index contributed by atoms with van der Waals surface area (Å²) in [5, 5.41) is 0.